The van der Waals surface area contributed by atoms with E-state index >= 15 is 0 Å². The Kier molecular flexibility index (Phi) is 2.77. The molecule has 2 heteroatoms. The Labute approximate surface area is 106 Å². The predicted molar refractivity (Wildman–Crippen MR) is 72.6 cm³/mol. The highest BCUT2D eigenvalue weighted by molar-refractivity contribution is 5.81. The minimum absolute atomic E-state index is 0.531. The SMILES string of the molecule is Cc1cc2ccccc2n1COc1cc[c]cc1. The maximum atomic E-state index is 5.78. The van der Waals surface area contributed by atoms with E-state index in [1.165, 1.54) is 16.6 Å². The summed E-state index contributed by atoms with van der Waals surface area (Å²) in [5.41, 5.74) is 2.41. The van der Waals surface area contributed by atoms with Crippen molar-refractivity contribution in [1.29, 1.82) is 0 Å². The highest BCUT2D eigenvalue weighted by Gasteiger charge is 2.04. The first-order valence-corrected chi connectivity index (χ1v) is 5.98. The zero-order chi connectivity index (χ0) is 12.4. The lowest BCUT2D eigenvalue weighted by molar-refractivity contribution is 0.239. The van der Waals surface area contributed by atoms with E-state index in [-0.39, 0.29) is 0 Å². The summed E-state index contributed by atoms with van der Waals surface area (Å²) in [6.45, 7) is 2.63. The van der Waals surface area contributed by atoms with E-state index < -0.39 is 0 Å². The Morgan fingerprint density at radius 1 is 1.11 bits per heavy atom. The lowest BCUT2D eigenvalue weighted by Crippen LogP contribution is -2.06. The van der Waals surface area contributed by atoms with Crippen LogP contribution >= 0.6 is 0 Å². The van der Waals surface area contributed by atoms with Crippen LogP contribution in [0.5, 0.6) is 5.75 Å². The van der Waals surface area contributed by atoms with Crippen molar-refractivity contribution >= 4 is 10.9 Å². The molecule has 0 atom stereocenters. The Balaban J connectivity index is 1.89. The van der Waals surface area contributed by atoms with E-state index in [1.807, 2.05) is 24.3 Å². The number of hydrogen-bond acceptors (Lipinski definition) is 1. The molecule has 1 aromatic heterocycles. The number of ether oxygens (including phenoxy) is 1. The van der Waals surface area contributed by atoms with Crippen LogP contribution in [0.15, 0.2) is 54.6 Å². The third-order valence-electron chi connectivity index (χ3n) is 3.07. The van der Waals surface area contributed by atoms with Gasteiger partial charge >= 0.3 is 0 Å². The van der Waals surface area contributed by atoms with Gasteiger partial charge in [0.15, 0.2) is 6.73 Å². The molecule has 0 amide bonds. The molecule has 0 aliphatic heterocycles. The van der Waals surface area contributed by atoms with Crippen LogP contribution in [0.3, 0.4) is 0 Å². The topological polar surface area (TPSA) is 14.2 Å². The summed E-state index contributed by atoms with van der Waals surface area (Å²) in [7, 11) is 0. The first-order valence-electron chi connectivity index (χ1n) is 5.98. The first-order chi connectivity index (χ1) is 8.84. The van der Waals surface area contributed by atoms with Crippen molar-refractivity contribution in [3.63, 3.8) is 0 Å². The zero-order valence-corrected chi connectivity index (χ0v) is 10.3. The number of aryl methyl sites for hydroxylation is 1. The highest BCUT2D eigenvalue weighted by atomic mass is 16.5. The van der Waals surface area contributed by atoms with Gasteiger partial charge in [-0.05, 0) is 42.6 Å². The standard InChI is InChI=1S/C16H14NO/c1-13-11-14-7-5-6-10-16(14)17(13)12-18-15-8-3-2-4-9-15/h3-11H,12H2,1H3. The van der Waals surface area contributed by atoms with E-state index in [0.717, 1.165) is 5.75 Å². The predicted octanol–water partition coefficient (Wildman–Crippen LogP) is 3.79. The monoisotopic (exact) mass is 236 g/mol. The molecule has 0 unspecified atom stereocenters. The third-order valence-corrected chi connectivity index (χ3v) is 3.07. The second-order valence-electron chi connectivity index (χ2n) is 4.28. The summed E-state index contributed by atoms with van der Waals surface area (Å²) in [4.78, 5) is 0. The lowest BCUT2D eigenvalue weighted by atomic mass is 10.2. The van der Waals surface area contributed by atoms with Gasteiger partial charge in [0.25, 0.3) is 0 Å². The Morgan fingerprint density at radius 3 is 2.72 bits per heavy atom. The summed E-state index contributed by atoms with van der Waals surface area (Å²) >= 11 is 0. The minimum Gasteiger partial charge on any atom is -0.473 e. The fourth-order valence-corrected chi connectivity index (χ4v) is 2.13. The Bertz CT molecular complexity index is 655. The molecule has 3 aromatic rings. The molecule has 1 radical (unpaired) electrons. The summed E-state index contributed by atoms with van der Waals surface area (Å²) in [5, 5.41) is 1.25. The largest absolute Gasteiger partial charge is 0.473 e. The van der Waals surface area contributed by atoms with Crippen LogP contribution in [0.2, 0.25) is 0 Å². The van der Waals surface area contributed by atoms with Crippen LogP contribution in [0.4, 0.5) is 0 Å². The molecule has 0 bridgehead atoms. The number of hydrogen-bond donors (Lipinski definition) is 0. The van der Waals surface area contributed by atoms with Gasteiger partial charge in [0, 0.05) is 5.69 Å². The van der Waals surface area contributed by atoms with Crippen molar-refractivity contribution in [2.45, 2.75) is 13.7 Å². The maximum absolute atomic E-state index is 5.78. The van der Waals surface area contributed by atoms with E-state index in [1.54, 1.807) is 0 Å². The molecular weight excluding hydrogens is 222 g/mol. The lowest BCUT2D eigenvalue weighted by Gasteiger charge is -2.10. The normalized spacial score (nSPS) is 10.7. The first kappa shape index (κ1) is 10.9. The quantitative estimate of drug-likeness (QED) is 0.675. The maximum Gasteiger partial charge on any atom is 0.165 e. The van der Waals surface area contributed by atoms with Crippen LogP contribution in [0, 0.1) is 13.0 Å². The summed E-state index contributed by atoms with van der Waals surface area (Å²) in [5.74, 6) is 0.867. The second kappa shape index (κ2) is 4.57. The average Bonchev–Trinajstić information content (AvgIpc) is 2.73. The molecule has 0 N–H and O–H groups in total. The second-order valence-corrected chi connectivity index (χ2v) is 4.28. The summed E-state index contributed by atoms with van der Waals surface area (Å²) in [6.07, 6.45) is 0. The number of rotatable bonds is 3. The fourth-order valence-electron chi connectivity index (χ4n) is 2.13. The van der Waals surface area contributed by atoms with Crippen LogP contribution < -0.4 is 4.74 Å². The molecule has 2 aromatic carbocycles. The number of benzene rings is 2. The van der Waals surface area contributed by atoms with Crippen molar-refractivity contribution in [3.05, 3.63) is 66.4 Å². The van der Waals surface area contributed by atoms with Crippen molar-refractivity contribution in [1.82, 2.24) is 4.57 Å². The molecule has 0 saturated carbocycles. The molecule has 0 saturated heterocycles. The molecule has 18 heavy (non-hydrogen) atoms. The van der Waals surface area contributed by atoms with Gasteiger partial charge in [-0.3, -0.25) is 0 Å². The van der Waals surface area contributed by atoms with Crippen LogP contribution in [-0.4, -0.2) is 4.57 Å². The summed E-state index contributed by atoms with van der Waals surface area (Å²) in [6, 6.07) is 21.1. The van der Waals surface area contributed by atoms with Gasteiger partial charge in [0.1, 0.15) is 5.75 Å². The minimum atomic E-state index is 0.531. The summed E-state index contributed by atoms with van der Waals surface area (Å²) < 4.78 is 7.95. The van der Waals surface area contributed by atoms with Gasteiger partial charge in [-0.1, -0.05) is 30.3 Å². The number of aromatic nitrogens is 1. The Hall–Kier alpha value is -2.22. The highest BCUT2D eigenvalue weighted by Crippen LogP contribution is 2.20. The van der Waals surface area contributed by atoms with Gasteiger partial charge < -0.3 is 9.30 Å². The average molecular weight is 236 g/mol. The smallest absolute Gasteiger partial charge is 0.165 e. The van der Waals surface area contributed by atoms with E-state index in [2.05, 4.69) is 47.9 Å². The molecule has 1 heterocycles. The molecule has 3 rings (SSSR count). The van der Waals surface area contributed by atoms with Gasteiger partial charge in [0.05, 0.1) is 5.52 Å². The van der Waals surface area contributed by atoms with Gasteiger partial charge in [-0.25, -0.2) is 0 Å². The van der Waals surface area contributed by atoms with Gasteiger partial charge in [-0.15, -0.1) is 0 Å². The molecule has 0 aliphatic rings. The molecule has 89 valence electrons. The van der Waals surface area contributed by atoms with Crippen molar-refractivity contribution in [2.75, 3.05) is 0 Å². The third kappa shape index (κ3) is 1.97. The fraction of sp³-hybridized carbons (Fsp3) is 0.125. The van der Waals surface area contributed by atoms with Crippen LogP contribution in [0.1, 0.15) is 5.69 Å². The molecular formula is C16H14NO. The van der Waals surface area contributed by atoms with Crippen molar-refractivity contribution in [3.8, 4) is 5.75 Å². The van der Waals surface area contributed by atoms with Crippen LogP contribution in [0.25, 0.3) is 10.9 Å². The van der Waals surface area contributed by atoms with E-state index in [0.29, 0.717) is 6.73 Å². The number of fused-ring (bicyclic) bond motifs is 1. The van der Waals surface area contributed by atoms with E-state index in [4.69, 9.17) is 4.74 Å². The van der Waals surface area contributed by atoms with Crippen LogP contribution in [-0.2, 0) is 6.73 Å². The number of nitrogens with zero attached hydrogens (tertiary/aromatic N) is 1. The number of para-hydroxylation sites is 1. The molecule has 0 fully saturated rings. The Morgan fingerprint density at radius 2 is 1.89 bits per heavy atom. The molecule has 2 nitrogen and oxygen atoms in total. The molecule has 0 aliphatic carbocycles. The van der Waals surface area contributed by atoms with Crippen molar-refractivity contribution in [2.24, 2.45) is 0 Å². The van der Waals surface area contributed by atoms with E-state index in [9.17, 15) is 0 Å². The van der Waals surface area contributed by atoms with Gasteiger partial charge in [0.2, 0.25) is 0 Å². The van der Waals surface area contributed by atoms with Gasteiger partial charge in [-0.2, -0.15) is 0 Å². The molecule has 0 spiro atoms. The zero-order valence-electron chi connectivity index (χ0n) is 10.3. The van der Waals surface area contributed by atoms with Crippen molar-refractivity contribution < 1.29 is 4.74 Å².